The summed E-state index contributed by atoms with van der Waals surface area (Å²) < 4.78 is 0. The minimum Gasteiger partial charge on any atom is -0.302 e. The van der Waals surface area contributed by atoms with Crippen molar-refractivity contribution in [3.63, 3.8) is 0 Å². The molecule has 1 saturated heterocycles. The van der Waals surface area contributed by atoms with E-state index in [2.05, 4.69) is 39.5 Å². The molecule has 0 spiro atoms. The van der Waals surface area contributed by atoms with Crippen LogP contribution in [-0.2, 0) is 0 Å². The zero-order valence-corrected chi connectivity index (χ0v) is 9.93. The average molecular weight is 183 g/mol. The molecule has 0 N–H and O–H groups in total. The maximum Gasteiger partial charge on any atom is 0.00303 e. The van der Waals surface area contributed by atoms with Crippen molar-refractivity contribution in [2.45, 2.75) is 41.0 Å². The number of nitrogens with zero attached hydrogens (tertiary/aromatic N) is 1. The Morgan fingerprint density at radius 1 is 1.08 bits per heavy atom. The largest absolute Gasteiger partial charge is 0.302 e. The number of hydrogen-bond donors (Lipinski definition) is 0. The highest BCUT2D eigenvalue weighted by molar-refractivity contribution is 4.78. The summed E-state index contributed by atoms with van der Waals surface area (Å²) in [4.78, 5) is 2.64. The van der Waals surface area contributed by atoms with Gasteiger partial charge in [0.1, 0.15) is 0 Å². The Morgan fingerprint density at radius 2 is 1.54 bits per heavy atom. The number of likely N-dealkylation sites (tertiary alicyclic amines) is 1. The summed E-state index contributed by atoms with van der Waals surface area (Å²) in [6, 6.07) is 0. The van der Waals surface area contributed by atoms with Crippen molar-refractivity contribution in [1.82, 2.24) is 4.90 Å². The van der Waals surface area contributed by atoms with E-state index in [1.54, 1.807) is 0 Å². The summed E-state index contributed by atoms with van der Waals surface area (Å²) in [6.07, 6.45) is 1.42. The lowest BCUT2D eigenvalue weighted by atomic mass is 9.89. The summed E-state index contributed by atoms with van der Waals surface area (Å²) in [6.45, 7) is 15.6. The maximum atomic E-state index is 2.64. The van der Waals surface area contributed by atoms with E-state index in [4.69, 9.17) is 0 Å². The van der Waals surface area contributed by atoms with Crippen molar-refractivity contribution in [2.75, 3.05) is 19.6 Å². The second-order valence-electron chi connectivity index (χ2n) is 6.20. The predicted molar refractivity (Wildman–Crippen MR) is 58.8 cm³/mol. The van der Waals surface area contributed by atoms with E-state index in [1.807, 2.05) is 0 Å². The Bertz CT molecular complexity index is 147. The Kier molecular flexibility index (Phi) is 3.39. The second-order valence-corrected chi connectivity index (χ2v) is 6.20. The van der Waals surface area contributed by atoms with Gasteiger partial charge in [-0.2, -0.15) is 0 Å². The van der Waals surface area contributed by atoms with E-state index >= 15 is 0 Å². The minimum atomic E-state index is 0.455. The Morgan fingerprint density at radius 3 is 1.92 bits per heavy atom. The lowest BCUT2D eigenvalue weighted by Crippen LogP contribution is -2.42. The van der Waals surface area contributed by atoms with Gasteiger partial charge in [0.2, 0.25) is 0 Å². The molecule has 1 nitrogen and oxygen atoms in total. The van der Waals surface area contributed by atoms with Crippen molar-refractivity contribution in [3.05, 3.63) is 0 Å². The summed E-state index contributed by atoms with van der Waals surface area (Å²) >= 11 is 0. The smallest absolute Gasteiger partial charge is 0.00303 e. The molecule has 1 heteroatoms. The number of hydrogen-bond acceptors (Lipinski definition) is 1. The summed E-state index contributed by atoms with van der Waals surface area (Å²) in [7, 11) is 0. The van der Waals surface area contributed by atoms with Crippen molar-refractivity contribution in [1.29, 1.82) is 0 Å². The van der Waals surface area contributed by atoms with Crippen LogP contribution in [0.3, 0.4) is 0 Å². The molecule has 0 unspecified atom stereocenters. The van der Waals surface area contributed by atoms with Crippen molar-refractivity contribution in [3.8, 4) is 0 Å². The highest BCUT2D eigenvalue weighted by Gasteiger charge is 2.24. The van der Waals surface area contributed by atoms with Gasteiger partial charge >= 0.3 is 0 Å². The SMILES string of the molecule is C[C@@H]1C[C@H](C)CN(CC(C)(C)C)C1. The summed E-state index contributed by atoms with van der Waals surface area (Å²) in [5, 5.41) is 0. The van der Waals surface area contributed by atoms with Crippen molar-refractivity contribution in [2.24, 2.45) is 17.3 Å². The van der Waals surface area contributed by atoms with Gasteiger partial charge in [0, 0.05) is 19.6 Å². The molecular weight excluding hydrogens is 158 g/mol. The molecule has 1 fully saturated rings. The molecule has 0 saturated carbocycles. The van der Waals surface area contributed by atoms with Crippen LogP contribution in [0.4, 0.5) is 0 Å². The third kappa shape index (κ3) is 4.12. The lowest BCUT2D eigenvalue weighted by molar-refractivity contribution is 0.103. The standard InChI is InChI=1S/C12H25N/c1-10-6-11(2)8-13(7-10)9-12(3,4)5/h10-11H,6-9H2,1-5H3/t10-,11+. The quantitative estimate of drug-likeness (QED) is 0.604. The Labute approximate surface area is 83.5 Å². The van der Waals surface area contributed by atoms with Crippen LogP contribution in [-0.4, -0.2) is 24.5 Å². The maximum absolute atomic E-state index is 2.64. The molecule has 2 atom stereocenters. The topological polar surface area (TPSA) is 3.24 Å². The van der Waals surface area contributed by atoms with Crippen LogP contribution in [0.2, 0.25) is 0 Å². The monoisotopic (exact) mass is 183 g/mol. The van der Waals surface area contributed by atoms with E-state index in [-0.39, 0.29) is 0 Å². The lowest BCUT2D eigenvalue weighted by Gasteiger charge is -2.38. The van der Waals surface area contributed by atoms with E-state index in [1.165, 1.54) is 26.1 Å². The fraction of sp³-hybridized carbons (Fsp3) is 1.00. The third-order valence-corrected chi connectivity index (χ3v) is 2.64. The van der Waals surface area contributed by atoms with Gasteiger partial charge in [0.25, 0.3) is 0 Å². The van der Waals surface area contributed by atoms with Crippen LogP contribution >= 0.6 is 0 Å². The summed E-state index contributed by atoms with van der Waals surface area (Å²) in [5.74, 6) is 1.79. The van der Waals surface area contributed by atoms with E-state index in [0.717, 1.165) is 11.8 Å². The van der Waals surface area contributed by atoms with Gasteiger partial charge in [0.05, 0.1) is 0 Å². The Balaban J connectivity index is 2.42. The molecule has 0 radical (unpaired) electrons. The normalized spacial score (nSPS) is 32.1. The number of rotatable bonds is 1. The molecule has 0 bridgehead atoms. The van der Waals surface area contributed by atoms with Crippen LogP contribution in [0.1, 0.15) is 41.0 Å². The van der Waals surface area contributed by atoms with Gasteiger partial charge < -0.3 is 4.90 Å². The van der Waals surface area contributed by atoms with Crippen LogP contribution in [0.25, 0.3) is 0 Å². The fourth-order valence-electron chi connectivity index (χ4n) is 2.59. The predicted octanol–water partition coefficient (Wildman–Crippen LogP) is 3.01. The van der Waals surface area contributed by atoms with Crippen molar-refractivity contribution >= 4 is 0 Å². The zero-order valence-electron chi connectivity index (χ0n) is 9.93. The van der Waals surface area contributed by atoms with E-state index in [9.17, 15) is 0 Å². The first-order chi connectivity index (χ1) is 5.87. The molecule has 0 aromatic carbocycles. The minimum absolute atomic E-state index is 0.455. The number of piperidine rings is 1. The molecule has 1 aliphatic heterocycles. The first-order valence-electron chi connectivity index (χ1n) is 5.59. The van der Waals surface area contributed by atoms with E-state index < -0.39 is 0 Å². The third-order valence-electron chi connectivity index (χ3n) is 2.64. The highest BCUT2D eigenvalue weighted by Crippen LogP contribution is 2.24. The van der Waals surface area contributed by atoms with Gasteiger partial charge in [-0.05, 0) is 23.7 Å². The molecular formula is C12H25N. The van der Waals surface area contributed by atoms with Gasteiger partial charge in [-0.3, -0.25) is 0 Å². The molecule has 1 aliphatic rings. The van der Waals surface area contributed by atoms with Crippen LogP contribution in [0.5, 0.6) is 0 Å². The average Bonchev–Trinajstić information content (AvgIpc) is 1.78. The van der Waals surface area contributed by atoms with Gasteiger partial charge in [-0.1, -0.05) is 34.6 Å². The Hall–Kier alpha value is -0.0400. The zero-order chi connectivity index (χ0) is 10.1. The molecule has 0 aromatic rings. The van der Waals surface area contributed by atoms with Gasteiger partial charge in [0.15, 0.2) is 0 Å². The van der Waals surface area contributed by atoms with E-state index in [0.29, 0.717) is 5.41 Å². The fourth-order valence-corrected chi connectivity index (χ4v) is 2.59. The van der Waals surface area contributed by atoms with Gasteiger partial charge in [-0.25, -0.2) is 0 Å². The second kappa shape index (κ2) is 4.00. The molecule has 1 rings (SSSR count). The molecule has 78 valence electrons. The molecule has 0 aromatic heterocycles. The molecule has 13 heavy (non-hydrogen) atoms. The van der Waals surface area contributed by atoms with Crippen LogP contribution in [0, 0.1) is 17.3 Å². The highest BCUT2D eigenvalue weighted by atomic mass is 15.1. The first kappa shape index (κ1) is 11.0. The first-order valence-corrected chi connectivity index (χ1v) is 5.59. The van der Waals surface area contributed by atoms with Gasteiger partial charge in [-0.15, -0.1) is 0 Å². The molecule has 0 amide bonds. The molecule has 0 aliphatic carbocycles. The molecule has 1 heterocycles. The summed E-state index contributed by atoms with van der Waals surface area (Å²) in [5.41, 5.74) is 0.455. The van der Waals surface area contributed by atoms with Crippen LogP contribution < -0.4 is 0 Å². The van der Waals surface area contributed by atoms with Crippen molar-refractivity contribution < 1.29 is 0 Å². The van der Waals surface area contributed by atoms with Crippen LogP contribution in [0.15, 0.2) is 0 Å².